The Morgan fingerprint density at radius 2 is 1.79 bits per heavy atom. The Balaban J connectivity index is 1.62. The Hall–Kier alpha value is -3.08. The fourth-order valence-corrected chi connectivity index (χ4v) is 3.91. The Morgan fingerprint density at radius 3 is 2.50 bits per heavy atom. The highest BCUT2D eigenvalue weighted by Gasteiger charge is 2.34. The van der Waals surface area contributed by atoms with Crippen molar-refractivity contribution >= 4 is 28.4 Å². The van der Waals surface area contributed by atoms with Crippen LogP contribution in [-0.2, 0) is 4.79 Å². The number of hydrogen-bond acceptors (Lipinski definition) is 2. The zero-order valence-corrected chi connectivity index (χ0v) is 16.7. The van der Waals surface area contributed by atoms with Crippen molar-refractivity contribution in [2.75, 3.05) is 18.0 Å². The zero-order valence-electron chi connectivity index (χ0n) is 16.7. The SMILES string of the molecule is Cc1ccc(N2C[C@H](C)N(C(=O)c3cccc4c(C)c(C)[nH]c34)CC2=O)cc1. The summed E-state index contributed by atoms with van der Waals surface area (Å²) in [5, 5.41) is 1.06. The number of anilines is 1. The van der Waals surface area contributed by atoms with Crippen LogP contribution in [0.5, 0.6) is 0 Å². The minimum Gasteiger partial charge on any atom is -0.358 e. The van der Waals surface area contributed by atoms with Gasteiger partial charge in [-0.25, -0.2) is 0 Å². The minimum atomic E-state index is -0.101. The molecule has 1 aliphatic rings. The third kappa shape index (κ3) is 2.97. The van der Waals surface area contributed by atoms with Crippen molar-refractivity contribution in [2.24, 2.45) is 0 Å². The van der Waals surface area contributed by atoms with E-state index in [-0.39, 0.29) is 24.4 Å². The van der Waals surface area contributed by atoms with E-state index in [4.69, 9.17) is 0 Å². The highest BCUT2D eigenvalue weighted by Crippen LogP contribution is 2.27. The van der Waals surface area contributed by atoms with Gasteiger partial charge in [-0.2, -0.15) is 0 Å². The largest absolute Gasteiger partial charge is 0.358 e. The number of aromatic amines is 1. The minimum absolute atomic E-state index is 0.0543. The third-order valence-electron chi connectivity index (χ3n) is 5.77. The zero-order chi connectivity index (χ0) is 20.0. The number of para-hydroxylation sites is 1. The molecule has 2 amide bonds. The highest BCUT2D eigenvalue weighted by atomic mass is 16.2. The lowest BCUT2D eigenvalue weighted by Crippen LogP contribution is -2.57. The molecule has 1 fully saturated rings. The van der Waals surface area contributed by atoms with Crippen LogP contribution in [0.25, 0.3) is 10.9 Å². The van der Waals surface area contributed by atoms with Crippen LogP contribution < -0.4 is 4.90 Å². The lowest BCUT2D eigenvalue weighted by Gasteiger charge is -2.39. The smallest absolute Gasteiger partial charge is 0.256 e. The lowest BCUT2D eigenvalue weighted by molar-refractivity contribution is -0.121. The Morgan fingerprint density at radius 1 is 1.07 bits per heavy atom. The van der Waals surface area contributed by atoms with Crippen molar-refractivity contribution in [3.8, 4) is 0 Å². The van der Waals surface area contributed by atoms with Gasteiger partial charge in [0, 0.05) is 29.4 Å². The summed E-state index contributed by atoms with van der Waals surface area (Å²) in [5.74, 6) is -0.155. The third-order valence-corrected chi connectivity index (χ3v) is 5.77. The number of carbonyl (C=O) groups excluding carboxylic acids is 2. The first kappa shape index (κ1) is 18.3. The fraction of sp³-hybridized carbons (Fsp3) is 0.304. The summed E-state index contributed by atoms with van der Waals surface area (Å²) in [6.07, 6.45) is 0. The summed E-state index contributed by atoms with van der Waals surface area (Å²) >= 11 is 0. The molecular weight excluding hydrogens is 350 g/mol. The van der Waals surface area contributed by atoms with E-state index in [1.807, 2.05) is 63.2 Å². The van der Waals surface area contributed by atoms with E-state index >= 15 is 0 Å². The van der Waals surface area contributed by atoms with Gasteiger partial charge in [0.2, 0.25) is 5.91 Å². The predicted molar refractivity (Wildman–Crippen MR) is 112 cm³/mol. The van der Waals surface area contributed by atoms with Crippen LogP contribution >= 0.6 is 0 Å². The first-order chi connectivity index (χ1) is 13.4. The number of aromatic nitrogens is 1. The van der Waals surface area contributed by atoms with Gasteiger partial charge in [-0.1, -0.05) is 29.8 Å². The van der Waals surface area contributed by atoms with E-state index in [0.29, 0.717) is 12.1 Å². The molecule has 2 heterocycles. The molecular formula is C23H25N3O2. The molecule has 1 N–H and O–H groups in total. The van der Waals surface area contributed by atoms with Crippen LogP contribution in [-0.4, -0.2) is 40.8 Å². The molecule has 5 nitrogen and oxygen atoms in total. The molecule has 0 saturated carbocycles. The van der Waals surface area contributed by atoms with Gasteiger partial charge < -0.3 is 14.8 Å². The summed E-state index contributed by atoms with van der Waals surface area (Å²) in [5.41, 5.74) is 5.72. The number of rotatable bonds is 2. The van der Waals surface area contributed by atoms with Crippen LogP contribution in [0.2, 0.25) is 0 Å². The quantitative estimate of drug-likeness (QED) is 0.737. The Bertz CT molecular complexity index is 1070. The van der Waals surface area contributed by atoms with Crippen molar-refractivity contribution in [1.29, 1.82) is 0 Å². The number of fused-ring (bicyclic) bond motifs is 1. The number of H-pyrrole nitrogens is 1. The fourth-order valence-electron chi connectivity index (χ4n) is 3.91. The molecule has 4 rings (SSSR count). The summed E-state index contributed by atoms with van der Waals surface area (Å²) in [7, 11) is 0. The molecule has 0 unspecified atom stereocenters. The normalized spacial score (nSPS) is 17.4. The van der Waals surface area contributed by atoms with Crippen molar-refractivity contribution < 1.29 is 9.59 Å². The van der Waals surface area contributed by atoms with Crippen molar-refractivity contribution in [3.63, 3.8) is 0 Å². The van der Waals surface area contributed by atoms with Gasteiger partial charge in [0.15, 0.2) is 0 Å². The maximum absolute atomic E-state index is 13.3. The summed E-state index contributed by atoms with van der Waals surface area (Å²) in [6, 6.07) is 13.6. The van der Waals surface area contributed by atoms with Crippen molar-refractivity contribution in [2.45, 2.75) is 33.7 Å². The Labute approximate surface area is 165 Å². The van der Waals surface area contributed by atoms with Crippen LogP contribution in [0, 0.1) is 20.8 Å². The van der Waals surface area contributed by atoms with E-state index < -0.39 is 0 Å². The van der Waals surface area contributed by atoms with E-state index in [0.717, 1.165) is 33.4 Å². The van der Waals surface area contributed by atoms with Gasteiger partial charge in [-0.15, -0.1) is 0 Å². The molecule has 0 spiro atoms. The molecule has 0 bridgehead atoms. The predicted octanol–water partition coefficient (Wildman–Crippen LogP) is 3.97. The molecule has 1 saturated heterocycles. The lowest BCUT2D eigenvalue weighted by atomic mass is 10.1. The standard InChI is InChI=1S/C23H25N3O2/c1-14-8-10-18(11-9-14)26-12-15(2)25(13-21(26)27)23(28)20-7-5-6-19-16(3)17(4)24-22(19)20/h5-11,15,24H,12-13H2,1-4H3/t15-/m0/s1. The van der Waals surface area contributed by atoms with Gasteiger partial charge in [-0.05, 0) is 51.5 Å². The molecule has 3 aromatic rings. The summed E-state index contributed by atoms with van der Waals surface area (Å²) in [6.45, 7) is 8.66. The number of nitrogens with one attached hydrogen (secondary N) is 1. The second-order valence-electron chi connectivity index (χ2n) is 7.73. The average Bonchev–Trinajstić information content (AvgIpc) is 2.98. The van der Waals surface area contributed by atoms with E-state index in [9.17, 15) is 9.59 Å². The van der Waals surface area contributed by atoms with E-state index in [1.165, 1.54) is 0 Å². The van der Waals surface area contributed by atoms with Crippen molar-refractivity contribution in [3.05, 3.63) is 64.8 Å². The molecule has 5 heteroatoms. The maximum Gasteiger partial charge on any atom is 0.256 e. The first-order valence-corrected chi connectivity index (χ1v) is 9.62. The number of aryl methyl sites for hydroxylation is 3. The number of amides is 2. The topological polar surface area (TPSA) is 56.4 Å². The molecule has 1 aliphatic heterocycles. The van der Waals surface area contributed by atoms with Gasteiger partial charge in [-0.3, -0.25) is 9.59 Å². The summed E-state index contributed by atoms with van der Waals surface area (Å²) in [4.78, 5) is 32.9. The maximum atomic E-state index is 13.3. The molecule has 144 valence electrons. The summed E-state index contributed by atoms with van der Waals surface area (Å²) < 4.78 is 0. The number of nitrogens with zero attached hydrogens (tertiary/aromatic N) is 2. The molecule has 1 aromatic heterocycles. The molecule has 28 heavy (non-hydrogen) atoms. The molecule has 0 aliphatic carbocycles. The molecule has 1 atom stereocenters. The second kappa shape index (κ2) is 6.82. The van der Waals surface area contributed by atoms with E-state index in [1.54, 1.807) is 9.80 Å². The number of benzene rings is 2. The van der Waals surface area contributed by atoms with Gasteiger partial charge in [0.25, 0.3) is 5.91 Å². The van der Waals surface area contributed by atoms with Crippen LogP contribution in [0.15, 0.2) is 42.5 Å². The van der Waals surface area contributed by atoms with Crippen LogP contribution in [0.1, 0.15) is 34.1 Å². The van der Waals surface area contributed by atoms with Crippen molar-refractivity contribution in [1.82, 2.24) is 9.88 Å². The number of hydrogen-bond donors (Lipinski definition) is 1. The van der Waals surface area contributed by atoms with Gasteiger partial charge in [0.1, 0.15) is 6.54 Å². The molecule has 2 aromatic carbocycles. The van der Waals surface area contributed by atoms with Gasteiger partial charge in [0.05, 0.1) is 11.1 Å². The average molecular weight is 375 g/mol. The monoisotopic (exact) mass is 375 g/mol. The van der Waals surface area contributed by atoms with Crippen LogP contribution in [0.4, 0.5) is 5.69 Å². The highest BCUT2D eigenvalue weighted by molar-refractivity contribution is 6.09. The van der Waals surface area contributed by atoms with Gasteiger partial charge >= 0.3 is 0 Å². The van der Waals surface area contributed by atoms with Crippen LogP contribution in [0.3, 0.4) is 0 Å². The molecule has 0 radical (unpaired) electrons. The number of piperazine rings is 1. The van der Waals surface area contributed by atoms with E-state index in [2.05, 4.69) is 11.9 Å². The number of carbonyl (C=O) groups is 2. The second-order valence-corrected chi connectivity index (χ2v) is 7.73. The Kier molecular flexibility index (Phi) is 4.46. The first-order valence-electron chi connectivity index (χ1n) is 9.62.